The number of rotatable bonds is 20. The molecule has 0 radical (unpaired) electrons. The number of carboxylic acid groups (broad SMARTS) is 1. The van der Waals surface area contributed by atoms with Gasteiger partial charge in [-0.15, -0.1) is 0 Å². The Morgan fingerprint density at radius 3 is 2.33 bits per heavy atom. The number of aromatic amines is 1. The Morgan fingerprint density at radius 1 is 1.00 bits per heavy atom. The van der Waals surface area contributed by atoms with Crippen LogP contribution < -0.4 is 32.9 Å². The van der Waals surface area contributed by atoms with E-state index in [4.69, 9.17) is 10.5 Å². The molecule has 9 N–H and O–H groups in total. The molecule has 16 heteroatoms. The summed E-state index contributed by atoms with van der Waals surface area (Å²) in [7, 11) is 0. The number of unbranched alkanes of at least 4 members (excludes halogenated alkanes) is 5. The molecule has 16 nitrogen and oxygen atoms in total. The average molecular weight is 655 g/mol. The van der Waals surface area contributed by atoms with Gasteiger partial charge in [0.05, 0.1) is 6.04 Å². The predicted molar refractivity (Wildman–Crippen MR) is 166 cm³/mol. The van der Waals surface area contributed by atoms with E-state index in [0.717, 1.165) is 48.9 Å². The van der Waals surface area contributed by atoms with Crippen LogP contribution in [-0.4, -0.2) is 91.5 Å². The summed E-state index contributed by atoms with van der Waals surface area (Å²) in [6.07, 6.45) is 0.936. The zero-order valence-corrected chi connectivity index (χ0v) is 26.8. The monoisotopic (exact) mass is 654 g/mol. The second kappa shape index (κ2) is 19.2. The highest BCUT2D eigenvalue weighted by atomic mass is 16.6. The first-order chi connectivity index (χ1) is 21.8. The standard InChI is InChI=1S/C30H50N6O10/c1-4-5-6-7-8-12-20(37)32-14-10-9-11-19(33-26(41)18(31)16-17(2)3)27(42)35-22(29(43)44)25-23(39)24(40)28(46-25)36-15-13-21(38)34-30(36)45/h13,15,17-19,22-25,28,39-40H,4-12,14,16,31H2,1-3H3,(H,32,37)(H,33,41)(H,35,42)(H,43,44)(H,34,38,45)/t18-,19-,22-,23-,24+,25+,28?/m0/s1. The van der Waals surface area contributed by atoms with Gasteiger partial charge in [-0.05, 0) is 38.0 Å². The molecule has 0 aliphatic carbocycles. The van der Waals surface area contributed by atoms with Crippen LogP contribution in [0.2, 0.25) is 0 Å². The number of aliphatic hydroxyl groups excluding tert-OH is 2. The lowest BCUT2D eigenvalue weighted by molar-refractivity contribution is -0.149. The Balaban J connectivity index is 2.08. The van der Waals surface area contributed by atoms with Crippen LogP contribution in [0.1, 0.15) is 91.2 Å². The van der Waals surface area contributed by atoms with Gasteiger partial charge in [0.15, 0.2) is 12.3 Å². The smallest absolute Gasteiger partial charge is 0.330 e. The van der Waals surface area contributed by atoms with E-state index in [1.165, 1.54) is 0 Å². The minimum absolute atomic E-state index is 0.0669. The number of ether oxygens (including phenoxy) is 1. The van der Waals surface area contributed by atoms with Crippen molar-refractivity contribution in [1.29, 1.82) is 0 Å². The van der Waals surface area contributed by atoms with Crippen molar-refractivity contribution in [3.63, 3.8) is 0 Å². The molecule has 1 unspecified atom stereocenters. The van der Waals surface area contributed by atoms with Gasteiger partial charge in [0.1, 0.15) is 24.4 Å². The van der Waals surface area contributed by atoms with Gasteiger partial charge in [-0.1, -0.05) is 46.5 Å². The Labute approximate surface area is 267 Å². The number of nitrogens with zero attached hydrogens (tertiary/aromatic N) is 1. The molecule has 46 heavy (non-hydrogen) atoms. The molecule has 1 fully saturated rings. The van der Waals surface area contributed by atoms with E-state index >= 15 is 0 Å². The number of hydrogen-bond acceptors (Lipinski definition) is 10. The fraction of sp³-hybridized carbons (Fsp3) is 0.733. The lowest BCUT2D eigenvalue weighted by Gasteiger charge is -2.27. The highest BCUT2D eigenvalue weighted by Crippen LogP contribution is 2.30. The molecule has 1 saturated heterocycles. The number of carboxylic acids is 1. The molecular formula is C30H50N6O10. The predicted octanol–water partition coefficient (Wildman–Crippen LogP) is -0.770. The number of carbonyl (C=O) groups excluding carboxylic acids is 3. The third kappa shape index (κ3) is 12.0. The number of aromatic nitrogens is 2. The second-order valence-corrected chi connectivity index (χ2v) is 12.1. The lowest BCUT2D eigenvalue weighted by Crippen LogP contribution is -2.58. The lowest BCUT2D eigenvalue weighted by atomic mass is 10.0. The molecule has 3 amide bonds. The molecule has 0 bridgehead atoms. The van der Waals surface area contributed by atoms with Crippen LogP contribution in [0, 0.1) is 5.92 Å². The zero-order valence-electron chi connectivity index (χ0n) is 26.8. The van der Waals surface area contributed by atoms with Crippen LogP contribution in [0.5, 0.6) is 0 Å². The van der Waals surface area contributed by atoms with Crippen LogP contribution in [-0.2, 0) is 23.9 Å². The number of hydrogen-bond donors (Lipinski definition) is 8. The zero-order chi connectivity index (χ0) is 34.4. The topological polar surface area (TPSA) is 255 Å². The van der Waals surface area contributed by atoms with E-state index in [1.54, 1.807) is 0 Å². The van der Waals surface area contributed by atoms with Crippen LogP contribution >= 0.6 is 0 Å². The first kappa shape index (κ1) is 38.6. The fourth-order valence-corrected chi connectivity index (χ4v) is 5.20. The highest BCUT2D eigenvalue weighted by molar-refractivity contribution is 5.92. The van der Waals surface area contributed by atoms with Crippen LogP contribution in [0.4, 0.5) is 0 Å². The van der Waals surface area contributed by atoms with Gasteiger partial charge in [0.25, 0.3) is 5.56 Å². The number of aliphatic carboxylic acids is 1. The minimum Gasteiger partial charge on any atom is -0.480 e. The van der Waals surface area contributed by atoms with Gasteiger partial charge < -0.3 is 41.7 Å². The molecule has 1 aromatic heterocycles. The summed E-state index contributed by atoms with van der Waals surface area (Å²) in [6.45, 7) is 6.23. The van der Waals surface area contributed by atoms with Crippen LogP contribution in [0.3, 0.4) is 0 Å². The maximum Gasteiger partial charge on any atom is 0.330 e. The second-order valence-electron chi connectivity index (χ2n) is 12.1. The first-order valence-electron chi connectivity index (χ1n) is 16.0. The summed E-state index contributed by atoms with van der Waals surface area (Å²) in [5, 5.41) is 38.8. The number of nitrogens with two attached hydrogens (primary N) is 1. The van der Waals surface area contributed by atoms with Gasteiger partial charge in [-0.3, -0.25) is 28.7 Å². The third-order valence-corrected chi connectivity index (χ3v) is 7.74. The van der Waals surface area contributed by atoms with Crippen molar-refractivity contribution in [2.24, 2.45) is 11.7 Å². The Kier molecular flexibility index (Phi) is 16.1. The summed E-state index contributed by atoms with van der Waals surface area (Å²) < 4.78 is 6.32. The van der Waals surface area contributed by atoms with Crippen molar-refractivity contribution in [1.82, 2.24) is 25.5 Å². The van der Waals surface area contributed by atoms with Crippen molar-refractivity contribution in [3.8, 4) is 0 Å². The quantitative estimate of drug-likeness (QED) is 0.0810. The number of aliphatic hydroxyl groups is 2. The highest BCUT2D eigenvalue weighted by Gasteiger charge is 2.50. The van der Waals surface area contributed by atoms with Gasteiger partial charge in [0.2, 0.25) is 17.7 Å². The molecule has 1 aliphatic rings. The normalized spacial score (nSPS) is 21.4. The molecule has 0 aromatic carbocycles. The van der Waals surface area contributed by atoms with E-state index in [9.17, 15) is 44.1 Å². The van der Waals surface area contributed by atoms with Gasteiger partial charge >= 0.3 is 11.7 Å². The summed E-state index contributed by atoms with van der Waals surface area (Å²) >= 11 is 0. The van der Waals surface area contributed by atoms with Crippen molar-refractivity contribution in [3.05, 3.63) is 33.1 Å². The molecule has 0 saturated carbocycles. The van der Waals surface area contributed by atoms with E-state index in [0.29, 0.717) is 32.2 Å². The van der Waals surface area contributed by atoms with Crippen molar-refractivity contribution >= 4 is 23.7 Å². The Hall–Kier alpha value is -3.60. The van der Waals surface area contributed by atoms with Crippen molar-refractivity contribution < 1.29 is 39.2 Å². The largest absolute Gasteiger partial charge is 0.480 e. The minimum atomic E-state index is -1.90. The van der Waals surface area contributed by atoms with E-state index in [-0.39, 0.29) is 18.2 Å². The molecule has 260 valence electrons. The number of H-pyrrole nitrogens is 1. The molecular weight excluding hydrogens is 604 g/mol. The number of carbonyl (C=O) groups is 4. The van der Waals surface area contributed by atoms with E-state index in [2.05, 4.69) is 22.9 Å². The molecule has 1 aromatic rings. The van der Waals surface area contributed by atoms with Crippen molar-refractivity contribution in [2.75, 3.05) is 6.54 Å². The third-order valence-electron chi connectivity index (χ3n) is 7.74. The SMILES string of the molecule is CCCCCCCC(=O)NCCCC[C@H](NC(=O)[C@@H](N)CC(C)C)C(=O)N[C@H](C(=O)O)[C@H]1OC(n2ccc(=O)[nH]c2=O)[C@H](O)[C@@H]1O. The Morgan fingerprint density at radius 2 is 1.70 bits per heavy atom. The van der Waals surface area contributed by atoms with E-state index in [1.807, 2.05) is 18.8 Å². The molecule has 0 spiro atoms. The van der Waals surface area contributed by atoms with E-state index < -0.39 is 71.7 Å². The van der Waals surface area contributed by atoms with Crippen molar-refractivity contribution in [2.45, 2.75) is 128 Å². The fourth-order valence-electron chi connectivity index (χ4n) is 5.20. The number of nitrogens with one attached hydrogen (secondary N) is 4. The maximum atomic E-state index is 13.4. The molecule has 7 atom stereocenters. The summed E-state index contributed by atoms with van der Waals surface area (Å²) in [5.41, 5.74) is 4.31. The van der Waals surface area contributed by atoms with Crippen LogP contribution in [0.15, 0.2) is 21.9 Å². The number of amides is 3. The van der Waals surface area contributed by atoms with Gasteiger partial charge in [0, 0.05) is 25.2 Å². The average Bonchev–Trinajstić information content (AvgIpc) is 3.27. The summed E-state index contributed by atoms with van der Waals surface area (Å²) in [4.78, 5) is 76.2. The maximum absolute atomic E-state index is 13.4. The first-order valence-corrected chi connectivity index (χ1v) is 16.0. The summed E-state index contributed by atoms with van der Waals surface area (Å²) in [6, 6.07) is -3.07. The van der Waals surface area contributed by atoms with Gasteiger partial charge in [-0.25, -0.2) is 9.59 Å². The molecule has 2 heterocycles. The van der Waals surface area contributed by atoms with Crippen LogP contribution in [0.25, 0.3) is 0 Å². The molecule has 1 aliphatic heterocycles. The van der Waals surface area contributed by atoms with Gasteiger partial charge in [-0.2, -0.15) is 0 Å². The Bertz CT molecular complexity index is 1270. The summed E-state index contributed by atoms with van der Waals surface area (Å²) in [5.74, 6) is -3.10. The molecule has 2 rings (SSSR count).